The standard InChI is InChI=1S/C17H20FN3O3S.ClH/c1-19-12-13(22)10-11-20-16-8-4-5-9-17(16)21(25(20,23)24)15-7-3-2-6-14(15)18;/h2-9,13,19,22H,10-12H2,1H3;1H/t13-;/m0./s1. The number of hydrogen-bond donors (Lipinski definition) is 2. The first-order valence-corrected chi connectivity index (χ1v) is 9.35. The lowest BCUT2D eigenvalue weighted by atomic mass is 10.2. The van der Waals surface area contributed by atoms with Crippen LogP contribution in [0.25, 0.3) is 0 Å². The predicted molar refractivity (Wildman–Crippen MR) is 103 cm³/mol. The van der Waals surface area contributed by atoms with Gasteiger partial charge in [-0.25, -0.2) is 8.70 Å². The first-order chi connectivity index (χ1) is 12.0. The van der Waals surface area contributed by atoms with Gasteiger partial charge in [0.05, 0.1) is 23.2 Å². The van der Waals surface area contributed by atoms with Crippen LogP contribution in [-0.2, 0) is 10.2 Å². The maximum atomic E-state index is 14.2. The highest BCUT2D eigenvalue weighted by Crippen LogP contribution is 2.45. The molecule has 26 heavy (non-hydrogen) atoms. The average Bonchev–Trinajstić information content (AvgIpc) is 2.80. The molecule has 0 amide bonds. The van der Waals surface area contributed by atoms with Crippen LogP contribution < -0.4 is 13.9 Å². The normalized spacial score (nSPS) is 16.1. The fraction of sp³-hybridized carbons (Fsp3) is 0.294. The van der Waals surface area contributed by atoms with Gasteiger partial charge in [0.1, 0.15) is 5.82 Å². The molecule has 0 aromatic heterocycles. The molecule has 0 aliphatic carbocycles. The van der Waals surface area contributed by atoms with Crippen LogP contribution >= 0.6 is 12.4 Å². The fourth-order valence-corrected chi connectivity index (χ4v) is 4.64. The molecular weight excluding hydrogens is 381 g/mol. The lowest BCUT2D eigenvalue weighted by molar-refractivity contribution is 0.167. The Balaban J connectivity index is 0.00000243. The Bertz CT molecular complexity index is 866. The summed E-state index contributed by atoms with van der Waals surface area (Å²) in [6, 6.07) is 12.5. The van der Waals surface area contributed by atoms with Gasteiger partial charge in [0.25, 0.3) is 0 Å². The molecule has 0 saturated carbocycles. The van der Waals surface area contributed by atoms with Crippen LogP contribution in [0.5, 0.6) is 0 Å². The SMILES string of the molecule is CNC[C@@H](O)CCN1c2ccccc2N(c2ccccc2F)S1(=O)=O.Cl. The molecule has 0 spiro atoms. The zero-order chi connectivity index (χ0) is 18.0. The van der Waals surface area contributed by atoms with Gasteiger partial charge in [-0.2, -0.15) is 8.42 Å². The lowest BCUT2D eigenvalue weighted by Gasteiger charge is -2.23. The second kappa shape index (κ2) is 8.22. The molecule has 1 atom stereocenters. The molecule has 0 radical (unpaired) electrons. The third-order valence-corrected chi connectivity index (χ3v) is 5.85. The Kier molecular flexibility index (Phi) is 6.46. The van der Waals surface area contributed by atoms with Gasteiger partial charge < -0.3 is 10.4 Å². The predicted octanol–water partition coefficient (Wildman–Crippen LogP) is 2.42. The molecule has 0 unspecified atom stereocenters. The molecule has 2 aromatic rings. The van der Waals surface area contributed by atoms with Gasteiger partial charge >= 0.3 is 10.2 Å². The monoisotopic (exact) mass is 401 g/mol. The molecule has 2 aromatic carbocycles. The largest absolute Gasteiger partial charge is 0.392 e. The number of anilines is 3. The summed E-state index contributed by atoms with van der Waals surface area (Å²) in [6.45, 7) is 0.472. The molecular formula is C17H21ClFN3O3S. The number of halogens is 2. The van der Waals surface area contributed by atoms with E-state index in [4.69, 9.17) is 0 Å². The van der Waals surface area contributed by atoms with Gasteiger partial charge in [0.15, 0.2) is 0 Å². The summed E-state index contributed by atoms with van der Waals surface area (Å²) >= 11 is 0. The van der Waals surface area contributed by atoms with E-state index in [1.165, 1.54) is 22.5 Å². The van der Waals surface area contributed by atoms with E-state index < -0.39 is 22.1 Å². The summed E-state index contributed by atoms with van der Waals surface area (Å²) < 4.78 is 42.6. The van der Waals surface area contributed by atoms with Crippen molar-refractivity contribution in [1.29, 1.82) is 0 Å². The van der Waals surface area contributed by atoms with Crippen molar-refractivity contribution in [3.63, 3.8) is 0 Å². The van der Waals surface area contributed by atoms with Crippen LogP contribution in [0.15, 0.2) is 48.5 Å². The van der Waals surface area contributed by atoms with Crippen molar-refractivity contribution < 1.29 is 17.9 Å². The summed E-state index contributed by atoms with van der Waals surface area (Å²) in [5, 5.41) is 12.7. The molecule has 6 nitrogen and oxygen atoms in total. The molecule has 9 heteroatoms. The Morgan fingerprint density at radius 2 is 1.65 bits per heavy atom. The van der Waals surface area contributed by atoms with Crippen LogP contribution in [-0.4, -0.2) is 39.8 Å². The molecule has 0 fully saturated rings. The van der Waals surface area contributed by atoms with E-state index in [2.05, 4.69) is 5.32 Å². The van der Waals surface area contributed by atoms with Crippen molar-refractivity contribution in [3.05, 3.63) is 54.3 Å². The molecule has 1 heterocycles. The van der Waals surface area contributed by atoms with E-state index in [1.807, 2.05) is 0 Å². The van der Waals surface area contributed by atoms with Crippen LogP contribution in [0.4, 0.5) is 21.5 Å². The minimum atomic E-state index is -3.98. The number of aliphatic hydroxyl groups is 1. The molecule has 0 saturated heterocycles. The van der Waals surface area contributed by atoms with E-state index in [-0.39, 0.29) is 31.1 Å². The number of likely N-dealkylation sites (N-methyl/N-ethyl adjacent to an activating group) is 1. The first kappa shape index (κ1) is 20.4. The minimum absolute atomic E-state index is 0. The highest BCUT2D eigenvalue weighted by molar-refractivity contribution is 7.95. The van der Waals surface area contributed by atoms with Crippen LogP contribution in [0.2, 0.25) is 0 Å². The summed E-state index contributed by atoms with van der Waals surface area (Å²) in [7, 11) is -2.26. The van der Waals surface area contributed by atoms with Crippen LogP contribution in [0.1, 0.15) is 6.42 Å². The number of nitrogens with one attached hydrogen (secondary N) is 1. The van der Waals surface area contributed by atoms with E-state index in [0.717, 1.165) is 4.31 Å². The molecule has 0 bridgehead atoms. The van der Waals surface area contributed by atoms with E-state index in [1.54, 1.807) is 37.4 Å². The second-order valence-electron chi connectivity index (χ2n) is 5.78. The van der Waals surface area contributed by atoms with Gasteiger partial charge in [-0.15, -0.1) is 12.4 Å². The van der Waals surface area contributed by atoms with Gasteiger partial charge in [-0.3, -0.25) is 4.31 Å². The summed E-state index contributed by atoms with van der Waals surface area (Å²) in [5.41, 5.74) is 0.853. The maximum absolute atomic E-state index is 14.2. The third kappa shape index (κ3) is 3.64. The highest BCUT2D eigenvalue weighted by Gasteiger charge is 2.41. The Morgan fingerprint density at radius 1 is 1.08 bits per heavy atom. The third-order valence-electron chi connectivity index (χ3n) is 4.05. The number of rotatable bonds is 6. The van der Waals surface area contributed by atoms with Gasteiger partial charge in [-0.05, 0) is 37.7 Å². The number of para-hydroxylation sites is 3. The average molecular weight is 402 g/mol. The van der Waals surface area contributed by atoms with Crippen molar-refractivity contribution in [1.82, 2.24) is 5.32 Å². The number of fused-ring (bicyclic) bond motifs is 1. The zero-order valence-electron chi connectivity index (χ0n) is 14.2. The summed E-state index contributed by atoms with van der Waals surface area (Å²) in [4.78, 5) is 0. The highest BCUT2D eigenvalue weighted by atomic mass is 35.5. The maximum Gasteiger partial charge on any atom is 0.331 e. The topological polar surface area (TPSA) is 72.9 Å². The van der Waals surface area contributed by atoms with Crippen LogP contribution in [0, 0.1) is 5.82 Å². The minimum Gasteiger partial charge on any atom is -0.392 e. The second-order valence-corrected chi connectivity index (χ2v) is 7.49. The van der Waals surface area contributed by atoms with E-state index in [0.29, 0.717) is 17.9 Å². The summed E-state index contributed by atoms with van der Waals surface area (Å²) in [5.74, 6) is -0.613. The van der Waals surface area contributed by atoms with Crippen LogP contribution in [0.3, 0.4) is 0 Å². The number of hydrogen-bond acceptors (Lipinski definition) is 4. The summed E-state index contributed by atoms with van der Waals surface area (Å²) in [6.07, 6.45) is -0.408. The molecule has 2 N–H and O–H groups in total. The van der Waals surface area contributed by atoms with Crippen molar-refractivity contribution in [2.75, 3.05) is 28.7 Å². The number of aliphatic hydroxyl groups excluding tert-OH is 1. The smallest absolute Gasteiger partial charge is 0.331 e. The first-order valence-electron chi connectivity index (χ1n) is 7.96. The Morgan fingerprint density at radius 3 is 2.27 bits per heavy atom. The Labute approximate surface area is 158 Å². The number of benzene rings is 2. The quantitative estimate of drug-likeness (QED) is 0.779. The molecule has 142 valence electrons. The lowest BCUT2D eigenvalue weighted by Crippen LogP contribution is -2.38. The van der Waals surface area contributed by atoms with Crippen molar-refractivity contribution in [2.24, 2.45) is 0 Å². The van der Waals surface area contributed by atoms with E-state index in [9.17, 15) is 17.9 Å². The van der Waals surface area contributed by atoms with Gasteiger partial charge in [-0.1, -0.05) is 24.3 Å². The number of nitrogens with zero attached hydrogens (tertiary/aromatic N) is 2. The van der Waals surface area contributed by atoms with E-state index >= 15 is 0 Å². The van der Waals surface area contributed by atoms with Crippen molar-refractivity contribution in [3.8, 4) is 0 Å². The fourth-order valence-electron chi connectivity index (χ4n) is 2.90. The Hall–Kier alpha value is -1.87. The zero-order valence-corrected chi connectivity index (χ0v) is 15.8. The van der Waals surface area contributed by atoms with Gasteiger partial charge in [0, 0.05) is 13.1 Å². The van der Waals surface area contributed by atoms with Crippen molar-refractivity contribution in [2.45, 2.75) is 12.5 Å². The van der Waals surface area contributed by atoms with Gasteiger partial charge in [0.2, 0.25) is 0 Å². The molecule has 1 aliphatic rings. The molecule has 3 rings (SSSR count). The van der Waals surface area contributed by atoms with Crippen molar-refractivity contribution >= 4 is 39.7 Å². The molecule has 1 aliphatic heterocycles.